The molecule has 0 bridgehead atoms. The molecule has 2 aromatic carbocycles. The maximum atomic E-state index is 12.4. The second-order valence-electron chi connectivity index (χ2n) is 7.00. The van der Waals surface area contributed by atoms with Gasteiger partial charge in [0.25, 0.3) is 0 Å². The van der Waals surface area contributed by atoms with Crippen molar-refractivity contribution in [3.8, 4) is 5.69 Å². The SMILES string of the molecule is CC(C)(C)c1cc(NC(=O)Nc2ccc(Cl)cc2)n(-c2ccccc2)n1.CO. The van der Waals surface area contributed by atoms with E-state index in [1.165, 1.54) is 0 Å². The van der Waals surface area contributed by atoms with E-state index in [0.717, 1.165) is 18.5 Å². The van der Waals surface area contributed by atoms with E-state index in [-0.39, 0.29) is 11.4 Å². The molecule has 6 nitrogen and oxygen atoms in total. The highest BCUT2D eigenvalue weighted by Crippen LogP contribution is 2.26. The molecule has 1 heterocycles. The highest BCUT2D eigenvalue weighted by atomic mass is 35.5. The van der Waals surface area contributed by atoms with Crippen molar-refractivity contribution in [2.75, 3.05) is 17.7 Å². The molecule has 0 spiro atoms. The lowest BCUT2D eigenvalue weighted by molar-refractivity contribution is 0.262. The number of carbonyl (C=O) groups excluding carboxylic acids is 1. The first kappa shape index (κ1) is 21.5. The standard InChI is InChI=1S/C20H21ClN4O.CH4O/c1-20(2,3)17-13-18(25(24-17)16-7-5-4-6-8-16)23-19(26)22-15-11-9-14(21)10-12-15;1-2/h4-13H,1-3H3,(H2,22,23,26);2H,1H3. The van der Waals surface area contributed by atoms with Crippen LogP contribution in [0.3, 0.4) is 0 Å². The first-order valence-electron chi connectivity index (χ1n) is 8.77. The van der Waals surface area contributed by atoms with Gasteiger partial charge in [0.15, 0.2) is 0 Å². The quantitative estimate of drug-likeness (QED) is 0.573. The van der Waals surface area contributed by atoms with Gasteiger partial charge in [0.2, 0.25) is 0 Å². The predicted octanol–water partition coefficient (Wildman–Crippen LogP) is 5.08. The summed E-state index contributed by atoms with van der Waals surface area (Å²) in [7, 11) is 1.00. The van der Waals surface area contributed by atoms with Crippen LogP contribution in [0.4, 0.5) is 16.3 Å². The van der Waals surface area contributed by atoms with Gasteiger partial charge in [-0.25, -0.2) is 9.48 Å². The average Bonchev–Trinajstić information content (AvgIpc) is 3.10. The summed E-state index contributed by atoms with van der Waals surface area (Å²) in [5, 5.41) is 18.0. The molecule has 3 aromatic rings. The van der Waals surface area contributed by atoms with Gasteiger partial charge >= 0.3 is 6.03 Å². The van der Waals surface area contributed by atoms with Gasteiger partial charge in [-0.05, 0) is 36.4 Å². The zero-order chi connectivity index (χ0) is 20.7. The number of benzene rings is 2. The maximum Gasteiger partial charge on any atom is 0.324 e. The fourth-order valence-electron chi connectivity index (χ4n) is 2.41. The minimum Gasteiger partial charge on any atom is -0.400 e. The molecule has 3 rings (SSSR count). The van der Waals surface area contributed by atoms with Crippen molar-refractivity contribution in [2.45, 2.75) is 26.2 Å². The van der Waals surface area contributed by atoms with Gasteiger partial charge in [0.05, 0.1) is 11.4 Å². The number of anilines is 2. The number of hydrogen-bond donors (Lipinski definition) is 3. The van der Waals surface area contributed by atoms with Crippen LogP contribution in [0.5, 0.6) is 0 Å². The minimum atomic E-state index is -0.343. The summed E-state index contributed by atoms with van der Waals surface area (Å²) in [5.41, 5.74) is 2.30. The van der Waals surface area contributed by atoms with Gasteiger partial charge in [-0.3, -0.25) is 5.32 Å². The molecule has 0 aliphatic carbocycles. The summed E-state index contributed by atoms with van der Waals surface area (Å²) in [4.78, 5) is 12.4. The largest absolute Gasteiger partial charge is 0.400 e. The lowest BCUT2D eigenvalue weighted by Gasteiger charge is -2.14. The van der Waals surface area contributed by atoms with E-state index in [2.05, 4.69) is 36.5 Å². The number of nitrogens with zero attached hydrogens (tertiary/aromatic N) is 2. The lowest BCUT2D eigenvalue weighted by atomic mass is 9.92. The lowest BCUT2D eigenvalue weighted by Crippen LogP contribution is -2.21. The topological polar surface area (TPSA) is 79.2 Å². The molecule has 1 aromatic heterocycles. The summed E-state index contributed by atoms with van der Waals surface area (Å²) >= 11 is 5.87. The van der Waals surface area contributed by atoms with Crippen LogP contribution in [0.2, 0.25) is 5.02 Å². The molecule has 2 amide bonds. The molecular weight excluding hydrogens is 376 g/mol. The van der Waals surface area contributed by atoms with Crippen molar-refractivity contribution in [2.24, 2.45) is 0 Å². The van der Waals surface area contributed by atoms with Crippen LogP contribution in [0.25, 0.3) is 5.69 Å². The van der Waals surface area contributed by atoms with Crippen molar-refractivity contribution < 1.29 is 9.90 Å². The molecule has 0 saturated heterocycles. The summed E-state index contributed by atoms with van der Waals surface area (Å²) < 4.78 is 1.74. The Balaban J connectivity index is 0.00000136. The number of rotatable bonds is 3. The van der Waals surface area contributed by atoms with Gasteiger partial charge < -0.3 is 10.4 Å². The van der Waals surface area contributed by atoms with Crippen LogP contribution in [0.1, 0.15) is 26.5 Å². The number of aliphatic hydroxyl groups excluding tert-OH is 1. The first-order chi connectivity index (χ1) is 13.3. The molecule has 148 valence electrons. The Bertz CT molecular complexity index is 900. The van der Waals surface area contributed by atoms with Crippen LogP contribution in [-0.2, 0) is 5.41 Å². The van der Waals surface area contributed by atoms with Crippen LogP contribution < -0.4 is 10.6 Å². The highest BCUT2D eigenvalue weighted by molar-refractivity contribution is 6.30. The summed E-state index contributed by atoms with van der Waals surface area (Å²) in [5.74, 6) is 0.604. The monoisotopic (exact) mass is 400 g/mol. The van der Waals surface area contributed by atoms with Crippen molar-refractivity contribution in [1.29, 1.82) is 0 Å². The van der Waals surface area contributed by atoms with Crippen LogP contribution in [0.15, 0.2) is 60.7 Å². The van der Waals surface area contributed by atoms with Crippen LogP contribution >= 0.6 is 11.6 Å². The third-order valence-corrected chi connectivity index (χ3v) is 4.07. The Labute approximate surface area is 170 Å². The number of para-hydroxylation sites is 1. The third-order valence-electron chi connectivity index (χ3n) is 3.82. The Morgan fingerprint density at radius 2 is 1.61 bits per heavy atom. The molecule has 0 fully saturated rings. The zero-order valence-corrected chi connectivity index (χ0v) is 17.2. The smallest absolute Gasteiger partial charge is 0.324 e. The number of aromatic nitrogens is 2. The fraction of sp³-hybridized carbons (Fsp3) is 0.238. The number of urea groups is 1. The van der Waals surface area contributed by atoms with Crippen LogP contribution in [-0.4, -0.2) is 28.0 Å². The molecule has 0 atom stereocenters. The molecule has 28 heavy (non-hydrogen) atoms. The van der Waals surface area contributed by atoms with E-state index in [1.807, 2.05) is 36.4 Å². The average molecular weight is 401 g/mol. The van der Waals surface area contributed by atoms with Crippen molar-refractivity contribution in [1.82, 2.24) is 9.78 Å². The van der Waals surface area contributed by atoms with E-state index in [0.29, 0.717) is 16.5 Å². The summed E-state index contributed by atoms with van der Waals surface area (Å²) in [6, 6.07) is 18.2. The molecule has 7 heteroatoms. The minimum absolute atomic E-state index is 0.136. The third kappa shape index (κ3) is 5.58. The number of carbonyl (C=O) groups is 1. The molecule has 0 saturated carbocycles. The van der Waals surface area contributed by atoms with E-state index >= 15 is 0 Å². The Morgan fingerprint density at radius 1 is 1.00 bits per heavy atom. The normalized spacial score (nSPS) is 10.6. The maximum absolute atomic E-state index is 12.4. The van der Waals surface area contributed by atoms with Crippen molar-refractivity contribution >= 4 is 29.1 Å². The number of amides is 2. The molecule has 0 aliphatic heterocycles. The van der Waals surface area contributed by atoms with Gasteiger partial charge in [-0.1, -0.05) is 50.6 Å². The van der Waals surface area contributed by atoms with Crippen molar-refractivity contribution in [3.05, 3.63) is 71.4 Å². The van der Waals surface area contributed by atoms with Crippen LogP contribution in [0, 0.1) is 0 Å². The number of nitrogens with one attached hydrogen (secondary N) is 2. The second-order valence-corrected chi connectivity index (χ2v) is 7.43. The highest BCUT2D eigenvalue weighted by Gasteiger charge is 2.21. The van der Waals surface area contributed by atoms with Gasteiger partial charge in [0, 0.05) is 29.3 Å². The van der Waals surface area contributed by atoms with E-state index in [9.17, 15) is 4.79 Å². The number of aliphatic hydroxyl groups is 1. The second kappa shape index (κ2) is 9.39. The number of hydrogen-bond acceptors (Lipinski definition) is 3. The Hall–Kier alpha value is -2.83. The predicted molar refractivity (Wildman–Crippen MR) is 115 cm³/mol. The van der Waals surface area contributed by atoms with E-state index < -0.39 is 0 Å². The zero-order valence-electron chi connectivity index (χ0n) is 16.4. The molecule has 0 radical (unpaired) electrons. The first-order valence-corrected chi connectivity index (χ1v) is 9.15. The Kier molecular flexibility index (Phi) is 7.20. The fourth-order valence-corrected chi connectivity index (χ4v) is 2.54. The van der Waals surface area contributed by atoms with Gasteiger partial charge in [-0.2, -0.15) is 5.10 Å². The molecule has 0 unspecified atom stereocenters. The van der Waals surface area contributed by atoms with Gasteiger partial charge in [0.1, 0.15) is 5.82 Å². The molecule has 3 N–H and O–H groups in total. The van der Waals surface area contributed by atoms with E-state index in [4.69, 9.17) is 16.7 Å². The molecular formula is C21H25ClN4O2. The summed E-state index contributed by atoms with van der Waals surface area (Å²) in [6.45, 7) is 6.26. The number of halogens is 1. The van der Waals surface area contributed by atoms with Crippen molar-refractivity contribution in [3.63, 3.8) is 0 Å². The summed E-state index contributed by atoms with van der Waals surface area (Å²) in [6.07, 6.45) is 0. The van der Waals surface area contributed by atoms with Gasteiger partial charge in [-0.15, -0.1) is 0 Å². The molecule has 0 aliphatic rings. The van der Waals surface area contributed by atoms with E-state index in [1.54, 1.807) is 28.9 Å². The Morgan fingerprint density at radius 3 is 2.18 bits per heavy atom.